The Labute approximate surface area is 176 Å². The molecule has 0 aliphatic rings. The maximum absolute atomic E-state index is 12.6. The average Bonchev–Trinajstić information content (AvgIpc) is 2.64. The van der Waals surface area contributed by atoms with Gasteiger partial charge in [0.15, 0.2) is 0 Å². The summed E-state index contributed by atoms with van der Waals surface area (Å²) in [7, 11) is 0. The van der Waals surface area contributed by atoms with Crippen LogP contribution in [-0.4, -0.2) is 76.4 Å². The number of amides is 5. The Balaban J connectivity index is 5.37. The number of carbonyl (C=O) groups is 7. The second-order valence-corrected chi connectivity index (χ2v) is 6.45. The van der Waals surface area contributed by atoms with Crippen molar-refractivity contribution < 1.29 is 43.8 Å². The zero-order valence-corrected chi connectivity index (χ0v) is 16.5. The van der Waals surface area contributed by atoms with Crippen LogP contribution in [0.3, 0.4) is 0 Å². The minimum atomic E-state index is -1.45. The lowest BCUT2D eigenvalue weighted by Crippen LogP contribution is -2.56. The molecule has 0 aromatic rings. The van der Waals surface area contributed by atoms with Crippen molar-refractivity contribution in [2.45, 2.75) is 50.2 Å². The van der Waals surface area contributed by atoms with E-state index in [-0.39, 0.29) is 19.3 Å². The molecule has 0 radical (unpaired) electrons. The zero-order chi connectivity index (χ0) is 24.1. The van der Waals surface area contributed by atoms with Gasteiger partial charge in [-0.05, 0) is 12.8 Å². The van der Waals surface area contributed by atoms with Crippen LogP contribution in [0.5, 0.6) is 0 Å². The quantitative estimate of drug-likeness (QED) is 0.119. The second kappa shape index (κ2) is 13.5. The normalized spacial score (nSPS) is 13.2. The fourth-order valence-corrected chi connectivity index (χ4v) is 2.24. The summed E-state index contributed by atoms with van der Waals surface area (Å²) >= 11 is 0. The molecule has 0 saturated heterocycles. The molecule has 3 atom stereocenters. The van der Waals surface area contributed by atoms with Crippen LogP contribution in [0.25, 0.3) is 0 Å². The molecule has 0 aliphatic heterocycles. The van der Waals surface area contributed by atoms with Gasteiger partial charge in [0.1, 0.15) is 18.6 Å². The van der Waals surface area contributed by atoms with Gasteiger partial charge < -0.3 is 43.4 Å². The highest BCUT2D eigenvalue weighted by molar-refractivity contribution is 5.95. The minimum Gasteiger partial charge on any atom is -0.481 e. The predicted molar refractivity (Wildman–Crippen MR) is 102 cm³/mol. The predicted octanol–water partition coefficient (Wildman–Crippen LogP) is -4.51. The number of nitrogens with two attached hydrogens (primary N) is 3. The molecule has 0 rings (SSSR count). The van der Waals surface area contributed by atoms with Crippen molar-refractivity contribution >= 4 is 41.5 Å². The van der Waals surface area contributed by atoms with Gasteiger partial charge in [-0.25, -0.2) is 0 Å². The Morgan fingerprint density at radius 2 is 1.23 bits per heavy atom. The number of hydrogen-bond donors (Lipinski definition) is 8. The molecule has 0 fully saturated rings. The van der Waals surface area contributed by atoms with Gasteiger partial charge in [0, 0.05) is 12.8 Å². The second-order valence-electron chi connectivity index (χ2n) is 6.45. The lowest BCUT2D eigenvalue weighted by atomic mass is 10.1. The van der Waals surface area contributed by atoms with Crippen molar-refractivity contribution in [3.05, 3.63) is 0 Å². The molecular weight excluding hydrogens is 420 g/mol. The van der Waals surface area contributed by atoms with E-state index in [4.69, 9.17) is 27.4 Å². The van der Waals surface area contributed by atoms with E-state index in [9.17, 15) is 33.6 Å². The summed E-state index contributed by atoms with van der Waals surface area (Å²) in [4.78, 5) is 80.1. The zero-order valence-electron chi connectivity index (χ0n) is 16.5. The Morgan fingerprint density at radius 1 is 0.710 bits per heavy atom. The van der Waals surface area contributed by atoms with E-state index in [2.05, 4.69) is 10.6 Å². The largest absolute Gasteiger partial charge is 0.481 e. The minimum absolute atomic E-state index is 0.293. The van der Waals surface area contributed by atoms with Gasteiger partial charge >= 0.3 is 11.9 Å². The smallest absolute Gasteiger partial charge is 0.322 e. The molecular formula is C16H26N6O9. The summed E-state index contributed by atoms with van der Waals surface area (Å²) in [6.45, 7) is -0.776. The summed E-state index contributed by atoms with van der Waals surface area (Å²) in [5, 5.41) is 23.8. The molecule has 0 aliphatic carbocycles. The monoisotopic (exact) mass is 446 g/mol. The Morgan fingerprint density at radius 3 is 1.71 bits per heavy atom. The van der Waals surface area contributed by atoms with Crippen LogP contribution in [0.15, 0.2) is 0 Å². The maximum Gasteiger partial charge on any atom is 0.322 e. The third-order valence-corrected chi connectivity index (χ3v) is 3.76. The summed E-state index contributed by atoms with van der Waals surface area (Å²) in [5.74, 6) is -7.21. The third-order valence-electron chi connectivity index (χ3n) is 3.76. The van der Waals surface area contributed by atoms with Gasteiger partial charge in [0.25, 0.3) is 0 Å². The van der Waals surface area contributed by atoms with E-state index < -0.39 is 79.0 Å². The highest BCUT2D eigenvalue weighted by Gasteiger charge is 2.29. The van der Waals surface area contributed by atoms with Gasteiger partial charge in [-0.3, -0.25) is 33.6 Å². The summed E-state index contributed by atoms with van der Waals surface area (Å²) < 4.78 is 0. The number of rotatable bonds is 15. The van der Waals surface area contributed by atoms with Crippen LogP contribution in [0.2, 0.25) is 0 Å². The summed E-state index contributed by atoms with van der Waals surface area (Å²) in [5.41, 5.74) is 15.5. The van der Waals surface area contributed by atoms with Crippen LogP contribution < -0.4 is 33.2 Å². The molecule has 3 unspecified atom stereocenters. The standard InChI is InChI=1S/C16H26N6O9/c17-7(5-11(19)24)14(29)21-9(1-3-10(18)23)16(31)22-8(2-4-12(25)26)15(30)20-6-13(27)28/h7-9H,1-6,17H2,(H2,18,23)(H2,19,24)(H,20,30)(H,21,29)(H,22,31)(H,25,26)(H,27,28). The molecule has 5 amide bonds. The van der Waals surface area contributed by atoms with Gasteiger partial charge in [0.2, 0.25) is 29.5 Å². The van der Waals surface area contributed by atoms with Crippen LogP contribution >= 0.6 is 0 Å². The number of carbonyl (C=O) groups excluding carboxylic acids is 5. The molecule has 0 aromatic heterocycles. The summed E-state index contributed by atoms with van der Waals surface area (Å²) in [6, 6.07) is -4.25. The van der Waals surface area contributed by atoms with E-state index >= 15 is 0 Å². The molecule has 0 bridgehead atoms. The number of hydrogen-bond acceptors (Lipinski definition) is 8. The molecule has 0 saturated carbocycles. The van der Waals surface area contributed by atoms with E-state index in [1.165, 1.54) is 0 Å². The Hall–Kier alpha value is -3.75. The van der Waals surface area contributed by atoms with Gasteiger partial charge in [-0.15, -0.1) is 0 Å². The number of carboxylic acid groups (broad SMARTS) is 2. The van der Waals surface area contributed by atoms with Gasteiger partial charge in [-0.2, -0.15) is 0 Å². The van der Waals surface area contributed by atoms with Crippen molar-refractivity contribution in [3.63, 3.8) is 0 Å². The molecule has 15 nitrogen and oxygen atoms in total. The van der Waals surface area contributed by atoms with Gasteiger partial charge in [0.05, 0.1) is 12.5 Å². The molecule has 174 valence electrons. The van der Waals surface area contributed by atoms with E-state index in [1.807, 2.05) is 5.32 Å². The fraction of sp³-hybridized carbons (Fsp3) is 0.562. The number of aliphatic carboxylic acids is 2. The first-order valence-electron chi connectivity index (χ1n) is 8.97. The van der Waals surface area contributed by atoms with E-state index in [0.29, 0.717) is 0 Å². The molecule has 0 spiro atoms. The number of carboxylic acids is 2. The maximum atomic E-state index is 12.6. The van der Waals surface area contributed by atoms with Crippen molar-refractivity contribution in [2.24, 2.45) is 17.2 Å². The van der Waals surface area contributed by atoms with E-state index in [1.54, 1.807) is 0 Å². The topological polar surface area (TPSA) is 274 Å². The SMILES string of the molecule is NC(=O)CCC(NC(=O)C(N)CC(N)=O)C(=O)NC(CCC(=O)O)C(=O)NCC(=O)O. The number of nitrogens with one attached hydrogen (secondary N) is 3. The van der Waals surface area contributed by atoms with Crippen molar-refractivity contribution in [3.8, 4) is 0 Å². The highest BCUT2D eigenvalue weighted by atomic mass is 16.4. The van der Waals surface area contributed by atoms with Crippen LogP contribution in [0.4, 0.5) is 0 Å². The van der Waals surface area contributed by atoms with Crippen molar-refractivity contribution in [1.29, 1.82) is 0 Å². The first-order valence-corrected chi connectivity index (χ1v) is 8.97. The summed E-state index contributed by atoms with van der Waals surface area (Å²) in [6.07, 6.45) is -2.07. The molecule has 15 heteroatoms. The first-order chi connectivity index (χ1) is 14.3. The van der Waals surface area contributed by atoms with Gasteiger partial charge in [-0.1, -0.05) is 0 Å². The Bertz CT molecular complexity index is 726. The highest BCUT2D eigenvalue weighted by Crippen LogP contribution is 2.04. The Kier molecular flexibility index (Phi) is 11.8. The molecule has 0 heterocycles. The lowest BCUT2D eigenvalue weighted by Gasteiger charge is -2.23. The molecule has 11 N–H and O–H groups in total. The lowest BCUT2D eigenvalue weighted by molar-refractivity contribution is -0.140. The van der Waals surface area contributed by atoms with Crippen LogP contribution in [0.1, 0.15) is 32.1 Å². The molecule has 0 aromatic carbocycles. The first kappa shape index (κ1) is 27.2. The van der Waals surface area contributed by atoms with Crippen LogP contribution in [-0.2, 0) is 33.6 Å². The van der Waals surface area contributed by atoms with Crippen molar-refractivity contribution in [2.75, 3.05) is 6.54 Å². The number of primary amides is 2. The molecule has 31 heavy (non-hydrogen) atoms. The average molecular weight is 446 g/mol. The fourth-order valence-electron chi connectivity index (χ4n) is 2.24. The van der Waals surface area contributed by atoms with Crippen molar-refractivity contribution in [1.82, 2.24) is 16.0 Å². The third kappa shape index (κ3) is 12.4. The van der Waals surface area contributed by atoms with E-state index in [0.717, 1.165) is 0 Å². The van der Waals surface area contributed by atoms with Crippen LogP contribution in [0, 0.1) is 0 Å².